The Labute approximate surface area is 204 Å². The Morgan fingerprint density at radius 1 is 1.09 bits per heavy atom. The van der Waals surface area contributed by atoms with Gasteiger partial charge in [-0.15, -0.1) is 24.0 Å². The molecule has 10 heteroatoms. The number of oxazole rings is 1. The number of rotatable bonds is 7. The molecule has 0 aliphatic rings. The molecule has 0 saturated heterocycles. The zero-order valence-electron chi connectivity index (χ0n) is 18.1. The lowest BCUT2D eigenvalue weighted by atomic mass is 10.1. The number of nitrogens with zero attached hydrogens (tertiary/aromatic N) is 2. The maximum absolute atomic E-state index is 13.7. The Hall–Kier alpha value is -2.47. The van der Waals surface area contributed by atoms with Gasteiger partial charge in [0, 0.05) is 25.4 Å². The van der Waals surface area contributed by atoms with Gasteiger partial charge in [0.25, 0.3) is 0 Å². The highest BCUT2D eigenvalue weighted by atomic mass is 127. The zero-order chi connectivity index (χ0) is 22.4. The number of hydrogen-bond donors (Lipinski definition) is 2. The third kappa shape index (κ3) is 7.59. The largest absolute Gasteiger partial charge is 0.444 e. The summed E-state index contributed by atoms with van der Waals surface area (Å²) in [4.78, 5) is 8.62. The van der Waals surface area contributed by atoms with Crippen LogP contribution in [0.3, 0.4) is 0 Å². The number of aryl methyl sites for hydroxylation is 1. The molecule has 0 fully saturated rings. The number of hydrogen-bond acceptors (Lipinski definition) is 5. The van der Waals surface area contributed by atoms with Gasteiger partial charge in [0.15, 0.2) is 15.8 Å². The third-order valence-corrected chi connectivity index (χ3v) is 5.38. The maximum Gasteiger partial charge on any atom is 0.226 e. The molecule has 1 heterocycles. The van der Waals surface area contributed by atoms with E-state index in [0.29, 0.717) is 35.2 Å². The van der Waals surface area contributed by atoms with Crippen LogP contribution in [-0.2, 0) is 28.7 Å². The lowest BCUT2D eigenvalue weighted by Crippen LogP contribution is -2.36. The number of nitrogens with one attached hydrogen (secondary N) is 2. The molecule has 7 nitrogen and oxygen atoms in total. The Morgan fingerprint density at radius 3 is 2.44 bits per heavy atom. The van der Waals surface area contributed by atoms with Crippen molar-refractivity contribution >= 4 is 39.8 Å². The lowest BCUT2D eigenvalue weighted by molar-refractivity contribution is 0.572. The highest BCUT2D eigenvalue weighted by Gasteiger charge is 2.12. The average Bonchev–Trinajstić information content (AvgIpc) is 3.18. The van der Waals surface area contributed by atoms with E-state index in [0.717, 1.165) is 17.4 Å². The van der Waals surface area contributed by atoms with Gasteiger partial charge < -0.3 is 15.1 Å². The second kappa shape index (κ2) is 11.4. The van der Waals surface area contributed by atoms with Crippen LogP contribution in [0.5, 0.6) is 0 Å². The zero-order valence-corrected chi connectivity index (χ0v) is 21.2. The van der Waals surface area contributed by atoms with Crippen molar-refractivity contribution in [3.8, 4) is 11.5 Å². The predicted molar refractivity (Wildman–Crippen MR) is 134 cm³/mol. The summed E-state index contributed by atoms with van der Waals surface area (Å²) in [6, 6.07) is 12.0. The third-order valence-electron chi connectivity index (χ3n) is 4.54. The molecule has 3 rings (SSSR count). The van der Waals surface area contributed by atoms with E-state index in [1.165, 1.54) is 18.2 Å². The predicted octanol–water partition coefficient (Wildman–Crippen LogP) is 3.82. The SMILES string of the molecule is CN=C(NCc1coc(-c2ccc(C)cc2)n1)NCc1cc(F)ccc1CS(C)(=O)=O.I. The molecule has 172 valence electrons. The first-order valence-electron chi connectivity index (χ1n) is 9.64. The molecule has 0 aliphatic carbocycles. The lowest BCUT2D eigenvalue weighted by Gasteiger charge is -2.13. The summed E-state index contributed by atoms with van der Waals surface area (Å²) in [5.41, 5.74) is 3.85. The van der Waals surface area contributed by atoms with E-state index in [1.54, 1.807) is 13.3 Å². The summed E-state index contributed by atoms with van der Waals surface area (Å²) in [7, 11) is -1.63. The standard InChI is InChI=1S/C22H25FN4O3S.HI/c1-15-4-6-16(7-5-15)21-27-20(13-30-21)12-26-22(24-2)25-11-18-10-19(23)9-8-17(18)14-31(3,28)29;/h4-10,13H,11-12,14H2,1-3H3,(H2,24,25,26);1H. The van der Waals surface area contributed by atoms with Crippen LogP contribution in [0.15, 0.2) is 58.1 Å². The van der Waals surface area contributed by atoms with Gasteiger partial charge in [-0.3, -0.25) is 4.99 Å². The van der Waals surface area contributed by atoms with Gasteiger partial charge in [-0.25, -0.2) is 17.8 Å². The molecule has 0 bridgehead atoms. The molecule has 0 aliphatic heterocycles. The van der Waals surface area contributed by atoms with E-state index in [1.807, 2.05) is 31.2 Å². The Morgan fingerprint density at radius 2 is 1.78 bits per heavy atom. The first-order chi connectivity index (χ1) is 14.7. The van der Waals surface area contributed by atoms with Gasteiger partial charge in [0.05, 0.1) is 18.0 Å². The topological polar surface area (TPSA) is 96.6 Å². The first-order valence-corrected chi connectivity index (χ1v) is 11.7. The fraction of sp³-hybridized carbons (Fsp3) is 0.273. The molecule has 0 spiro atoms. The van der Waals surface area contributed by atoms with Crippen molar-refractivity contribution in [2.75, 3.05) is 13.3 Å². The van der Waals surface area contributed by atoms with Gasteiger partial charge in [0.2, 0.25) is 5.89 Å². The molecular formula is C22H26FIN4O3S. The normalized spacial score (nSPS) is 11.7. The molecule has 0 saturated carbocycles. The number of halogens is 2. The first kappa shape index (κ1) is 25.8. The number of aliphatic imine (C=N–C) groups is 1. The second-order valence-electron chi connectivity index (χ2n) is 7.27. The van der Waals surface area contributed by atoms with Crippen LogP contribution in [0, 0.1) is 12.7 Å². The van der Waals surface area contributed by atoms with Crippen molar-refractivity contribution in [2.24, 2.45) is 4.99 Å². The van der Waals surface area contributed by atoms with Crippen LogP contribution < -0.4 is 10.6 Å². The minimum absolute atomic E-state index is 0. The van der Waals surface area contributed by atoms with Crippen LogP contribution in [0.1, 0.15) is 22.4 Å². The monoisotopic (exact) mass is 572 g/mol. The van der Waals surface area contributed by atoms with Crippen LogP contribution >= 0.6 is 24.0 Å². The van der Waals surface area contributed by atoms with E-state index in [4.69, 9.17) is 4.42 Å². The Balaban J connectivity index is 0.00000363. The van der Waals surface area contributed by atoms with Gasteiger partial charge >= 0.3 is 0 Å². The molecule has 0 radical (unpaired) electrons. The molecule has 32 heavy (non-hydrogen) atoms. The van der Waals surface area contributed by atoms with Gasteiger partial charge in [-0.1, -0.05) is 23.8 Å². The van der Waals surface area contributed by atoms with Gasteiger partial charge in [0.1, 0.15) is 12.1 Å². The number of sulfone groups is 1. The van der Waals surface area contributed by atoms with Crippen molar-refractivity contribution in [1.29, 1.82) is 0 Å². The van der Waals surface area contributed by atoms with Crippen LogP contribution in [-0.4, -0.2) is 32.7 Å². The minimum Gasteiger partial charge on any atom is -0.444 e. The number of benzene rings is 2. The van der Waals surface area contributed by atoms with E-state index in [9.17, 15) is 12.8 Å². The summed E-state index contributed by atoms with van der Waals surface area (Å²) in [6.45, 7) is 2.60. The molecule has 0 atom stereocenters. The van der Waals surface area contributed by atoms with Gasteiger partial charge in [-0.05, 0) is 42.3 Å². The molecule has 1 aromatic heterocycles. The summed E-state index contributed by atoms with van der Waals surface area (Å²) in [5.74, 6) is 0.416. The van der Waals surface area contributed by atoms with Crippen LogP contribution in [0.25, 0.3) is 11.5 Å². The molecular weight excluding hydrogens is 546 g/mol. The minimum atomic E-state index is -3.24. The average molecular weight is 572 g/mol. The molecule has 0 unspecified atom stereocenters. The summed E-state index contributed by atoms with van der Waals surface area (Å²) in [5, 5.41) is 6.19. The number of aromatic nitrogens is 1. The quantitative estimate of drug-likeness (QED) is 0.254. The van der Waals surface area contributed by atoms with Crippen molar-refractivity contribution in [1.82, 2.24) is 15.6 Å². The maximum atomic E-state index is 13.7. The van der Waals surface area contributed by atoms with Gasteiger partial charge in [-0.2, -0.15) is 0 Å². The Bertz CT molecular complexity index is 1180. The summed E-state index contributed by atoms with van der Waals surface area (Å²) >= 11 is 0. The number of guanidine groups is 1. The molecule has 0 amide bonds. The molecule has 2 aromatic carbocycles. The highest BCUT2D eigenvalue weighted by molar-refractivity contribution is 14.0. The van der Waals surface area contributed by atoms with Crippen molar-refractivity contribution in [3.63, 3.8) is 0 Å². The highest BCUT2D eigenvalue weighted by Crippen LogP contribution is 2.19. The van der Waals surface area contributed by atoms with Crippen molar-refractivity contribution in [2.45, 2.75) is 25.8 Å². The van der Waals surface area contributed by atoms with Crippen molar-refractivity contribution in [3.05, 3.63) is 76.9 Å². The van der Waals surface area contributed by atoms with E-state index >= 15 is 0 Å². The Kier molecular flexibility index (Phi) is 9.20. The molecule has 2 N–H and O–H groups in total. The van der Waals surface area contributed by atoms with Crippen LogP contribution in [0.4, 0.5) is 4.39 Å². The fourth-order valence-corrected chi connectivity index (χ4v) is 3.82. The summed E-state index contributed by atoms with van der Waals surface area (Å²) < 4.78 is 42.5. The molecule has 3 aromatic rings. The summed E-state index contributed by atoms with van der Waals surface area (Å²) in [6.07, 6.45) is 2.73. The van der Waals surface area contributed by atoms with E-state index in [2.05, 4.69) is 20.6 Å². The van der Waals surface area contributed by atoms with Crippen molar-refractivity contribution < 1.29 is 17.2 Å². The smallest absolute Gasteiger partial charge is 0.226 e. The van der Waals surface area contributed by atoms with Crippen LogP contribution in [0.2, 0.25) is 0 Å². The second-order valence-corrected chi connectivity index (χ2v) is 9.41. The van der Waals surface area contributed by atoms with E-state index < -0.39 is 15.7 Å². The fourth-order valence-electron chi connectivity index (χ4n) is 2.97. The van der Waals surface area contributed by atoms with E-state index in [-0.39, 0.29) is 36.3 Å².